The molecule has 0 radical (unpaired) electrons. The van der Waals surface area contributed by atoms with E-state index in [-0.39, 0.29) is 5.91 Å². The summed E-state index contributed by atoms with van der Waals surface area (Å²) in [5.74, 6) is -0.104. The molecule has 1 aromatic heterocycles. The molecule has 0 fully saturated rings. The van der Waals surface area contributed by atoms with E-state index in [9.17, 15) is 4.79 Å². The zero-order valence-electron chi connectivity index (χ0n) is 9.68. The molecule has 0 saturated carbocycles. The van der Waals surface area contributed by atoms with Gasteiger partial charge in [0.25, 0.3) is 5.91 Å². The van der Waals surface area contributed by atoms with Crippen LogP contribution in [0.2, 0.25) is 0 Å². The molecule has 2 heterocycles. The molecule has 1 aliphatic heterocycles. The largest absolute Gasteiger partial charge is 0.352 e. The Balaban J connectivity index is 2.16. The fourth-order valence-corrected chi connectivity index (χ4v) is 1.56. The lowest BCUT2D eigenvalue weighted by Crippen LogP contribution is -2.42. The van der Waals surface area contributed by atoms with Gasteiger partial charge in [0.05, 0.1) is 30.5 Å². The predicted octanol–water partition coefficient (Wildman–Crippen LogP) is 0.184. The lowest BCUT2D eigenvalue weighted by atomic mass is 10.2. The number of carbonyl (C=O) groups excluding carboxylic acids is 1. The molecule has 90 valence electrons. The first-order chi connectivity index (χ1) is 8.31. The zero-order chi connectivity index (χ0) is 12.1. The second-order valence-corrected chi connectivity index (χ2v) is 3.61. The van der Waals surface area contributed by atoms with Gasteiger partial charge in [-0.1, -0.05) is 0 Å². The van der Waals surface area contributed by atoms with E-state index in [1.165, 1.54) is 0 Å². The fourth-order valence-electron chi connectivity index (χ4n) is 1.56. The van der Waals surface area contributed by atoms with Gasteiger partial charge in [-0.3, -0.25) is 25.2 Å². The van der Waals surface area contributed by atoms with E-state index in [0.717, 1.165) is 18.8 Å². The Morgan fingerprint density at radius 3 is 3.18 bits per heavy atom. The Morgan fingerprint density at radius 2 is 2.47 bits per heavy atom. The van der Waals surface area contributed by atoms with Crippen LogP contribution in [0, 0.1) is 0 Å². The number of carbonyl (C=O) groups is 1. The van der Waals surface area contributed by atoms with Crippen molar-refractivity contribution in [1.29, 1.82) is 0 Å². The van der Waals surface area contributed by atoms with E-state index in [2.05, 4.69) is 20.7 Å². The van der Waals surface area contributed by atoms with Crippen LogP contribution in [0.5, 0.6) is 0 Å². The van der Waals surface area contributed by atoms with Crippen molar-refractivity contribution in [2.45, 2.75) is 6.92 Å². The van der Waals surface area contributed by atoms with Crippen LogP contribution in [0.15, 0.2) is 23.5 Å². The van der Waals surface area contributed by atoms with Gasteiger partial charge in [-0.15, -0.1) is 0 Å². The van der Waals surface area contributed by atoms with Crippen molar-refractivity contribution in [3.8, 4) is 0 Å². The second-order valence-electron chi connectivity index (χ2n) is 3.61. The molecule has 0 unspecified atom stereocenters. The first kappa shape index (κ1) is 11.4. The molecule has 0 aliphatic carbocycles. The average molecular weight is 233 g/mol. The third-order valence-corrected chi connectivity index (χ3v) is 2.39. The van der Waals surface area contributed by atoms with Gasteiger partial charge < -0.3 is 5.32 Å². The number of nitrogens with zero attached hydrogens (tertiary/aromatic N) is 3. The number of rotatable bonds is 3. The van der Waals surface area contributed by atoms with E-state index < -0.39 is 0 Å². The first-order valence-electron chi connectivity index (χ1n) is 5.56. The van der Waals surface area contributed by atoms with Crippen molar-refractivity contribution in [3.63, 3.8) is 0 Å². The molecule has 6 nitrogen and oxygen atoms in total. The summed E-state index contributed by atoms with van der Waals surface area (Å²) in [5.41, 5.74) is 4.43. The monoisotopic (exact) mass is 233 g/mol. The van der Waals surface area contributed by atoms with Crippen molar-refractivity contribution in [2.24, 2.45) is 4.99 Å². The minimum atomic E-state index is -0.104. The molecule has 17 heavy (non-hydrogen) atoms. The summed E-state index contributed by atoms with van der Waals surface area (Å²) in [5, 5.41) is 4.65. The number of aliphatic imine (C=N–C) groups is 1. The first-order valence-corrected chi connectivity index (χ1v) is 5.56. The van der Waals surface area contributed by atoms with Crippen molar-refractivity contribution in [2.75, 3.05) is 24.6 Å². The quantitative estimate of drug-likeness (QED) is 0.781. The molecule has 0 aromatic carbocycles. The molecular formula is C11H15N5O. The molecule has 1 amide bonds. The van der Waals surface area contributed by atoms with Crippen LogP contribution in [-0.2, 0) is 0 Å². The van der Waals surface area contributed by atoms with Crippen LogP contribution < -0.4 is 15.8 Å². The van der Waals surface area contributed by atoms with Crippen LogP contribution in [0.3, 0.4) is 0 Å². The SMILES string of the molecule is CCNC(=O)c1cncc(N2CCN=CN2)c1. The normalized spacial score (nSPS) is 14.3. The standard InChI is InChI=1S/C11H15N5O/c1-2-14-11(17)9-5-10(7-13-6-9)16-4-3-12-8-15-16/h5-8H,2-4H2,1H3,(H,12,15)(H,14,17). The minimum Gasteiger partial charge on any atom is -0.352 e. The summed E-state index contributed by atoms with van der Waals surface area (Å²) in [6.45, 7) is 3.99. The Kier molecular flexibility index (Phi) is 3.54. The van der Waals surface area contributed by atoms with Crippen LogP contribution in [0.25, 0.3) is 0 Å². The van der Waals surface area contributed by atoms with Gasteiger partial charge in [0.15, 0.2) is 0 Å². The summed E-state index contributed by atoms with van der Waals surface area (Å²) in [7, 11) is 0. The molecular weight excluding hydrogens is 218 g/mol. The number of nitrogens with one attached hydrogen (secondary N) is 2. The molecule has 0 saturated heterocycles. The van der Waals surface area contributed by atoms with Crippen LogP contribution in [0.1, 0.15) is 17.3 Å². The number of pyridine rings is 1. The van der Waals surface area contributed by atoms with Gasteiger partial charge in [-0.2, -0.15) is 0 Å². The molecule has 0 bridgehead atoms. The highest BCUT2D eigenvalue weighted by molar-refractivity contribution is 5.94. The maximum absolute atomic E-state index is 11.7. The molecule has 1 aliphatic rings. The van der Waals surface area contributed by atoms with Crippen LogP contribution >= 0.6 is 0 Å². The topological polar surface area (TPSA) is 69.6 Å². The molecule has 2 N–H and O–H groups in total. The third-order valence-electron chi connectivity index (χ3n) is 2.39. The van der Waals surface area contributed by atoms with E-state index in [0.29, 0.717) is 12.1 Å². The van der Waals surface area contributed by atoms with E-state index in [1.807, 2.05) is 18.0 Å². The lowest BCUT2D eigenvalue weighted by molar-refractivity contribution is 0.0955. The van der Waals surface area contributed by atoms with Gasteiger partial charge in [0.1, 0.15) is 6.34 Å². The number of anilines is 1. The highest BCUT2D eigenvalue weighted by Crippen LogP contribution is 2.13. The Morgan fingerprint density at radius 1 is 1.59 bits per heavy atom. The van der Waals surface area contributed by atoms with Crippen LogP contribution in [0.4, 0.5) is 5.69 Å². The van der Waals surface area contributed by atoms with Gasteiger partial charge in [-0.25, -0.2) is 0 Å². The van der Waals surface area contributed by atoms with Gasteiger partial charge in [0, 0.05) is 12.7 Å². The number of aromatic nitrogens is 1. The van der Waals surface area contributed by atoms with Gasteiger partial charge in [0.2, 0.25) is 0 Å². The summed E-state index contributed by atoms with van der Waals surface area (Å²) in [6.07, 6.45) is 4.92. The molecule has 2 rings (SSSR count). The summed E-state index contributed by atoms with van der Waals surface area (Å²) in [6, 6.07) is 1.81. The summed E-state index contributed by atoms with van der Waals surface area (Å²) >= 11 is 0. The maximum atomic E-state index is 11.7. The van der Waals surface area contributed by atoms with Gasteiger partial charge >= 0.3 is 0 Å². The van der Waals surface area contributed by atoms with Crippen molar-refractivity contribution in [3.05, 3.63) is 24.0 Å². The summed E-state index contributed by atoms with van der Waals surface area (Å²) in [4.78, 5) is 19.8. The molecule has 6 heteroatoms. The highest BCUT2D eigenvalue weighted by Gasteiger charge is 2.11. The average Bonchev–Trinajstić information content (AvgIpc) is 2.40. The summed E-state index contributed by atoms with van der Waals surface area (Å²) < 4.78 is 0. The Bertz CT molecular complexity index is 432. The smallest absolute Gasteiger partial charge is 0.252 e. The van der Waals surface area contributed by atoms with E-state index >= 15 is 0 Å². The third kappa shape index (κ3) is 2.72. The predicted molar refractivity (Wildman–Crippen MR) is 66.1 cm³/mol. The van der Waals surface area contributed by atoms with Crippen LogP contribution in [-0.4, -0.2) is 36.9 Å². The van der Waals surface area contributed by atoms with E-state index in [4.69, 9.17) is 0 Å². The van der Waals surface area contributed by atoms with Gasteiger partial charge in [-0.05, 0) is 13.0 Å². The maximum Gasteiger partial charge on any atom is 0.252 e. The van der Waals surface area contributed by atoms with Crippen molar-refractivity contribution < 1.29 is 4.79 Å². The van der Waals surface area contributed by atoms with E-state index in [1.54, 1.807) is 18.7 Å². The zero-order valence-corrected chi connectivity index (χ0v) is 9.68. The highest BCUT2D eigenvalue weighted by atomic mass is 16.1. The number of hydrogen-bond donors (Lipinski definition) is 2. The van der Waals surface area contributed by atoms with Crippen molar-refractivity contribution >= 4 is 17.9 Å². The molecule has 0 spiro atoms. The fraction of sp³-hybridized carbons (Fsp3) is 0.364. The minimum absolute atomic E-state index is 0.104. The number of hydrogen-bond acceptors (Lipinski definition) is 5. The second kappa shape index (κ2) is 5.29. The number of amides is 1. The Labute approximate surface area is 99.7 Å². The van der Waals surface area contributed by atoms with Crippen molar-refractivity contribution in [1.82, 2.24) is 15.7 Å². The Hall–Kier alpha value is -2.11. The molecule has 1 aromatic rings. The molecule has 0 atom stereocenters. The number of hydrazine groups is 1. The lowest BCUT2D eigenvalue weighted by Gasteiger charge is -2.25.